The van der Waals surface area contributed by atoms with Crippen LogP contribution >= 0.6 is 0 Å². The van der Waals surface area contributed by atoms with E-state index >= 15 is 0 Å². The summed E-state index contributed by atoms with van der Waals surface area (Å²) in [7, 11) is 3.11. The Bertz CT molecular complexity index is 890. The van der Waals surface area contributed by atoms with E-state index < -0.39 is 6.04 Å². The van der Waals surface area contributed by atoms with Gasteiger partial charge in [-0.1, -0.05) is 43.2 Å². The monoisotopic (exact) mass is 454 g/mol. The summed E-state index contributed by atoms with van der Waals surface area (Å²) in [5.41, 5.74) is 1.11. The molecule has 0 bridgehead atoms. The van der Waals surface area contributed by atoms with Crippen molar-refractivity contribution in [1.82, 2.24) is 10.2 Å². The first-order valence-electron chi connectivity index (χ1n) is 11.5. The van der Waals surface area contributed by atoms with Crippen LogP contribution in [-0.4, -0.2) is 56.2 Å². The van der Waals surface area contributed by atoms with E-state index in [1.54, 1.807) is 44.2 Å². The number of amides is 2. The van der Waals surface area contributed by atoms with E-state index in [0.717, 1.165) is 31.2 Å². The van der Waals surface area contributed by atoms with Crippen molar-refractivity contribution >= 4 is 11.8 Å². The van der Waals surface area contributed by atoms with Gasteiger partial charge in [-0.25, -0.2) is 0 Å². The standard InChI is InChI=1S/C26H34N2O5/c1-19(26(30)27-21-11-7-8-12-21)28(14-13-20-9-5-4-6-10-20)25(29)18-33-24-16-22(31-2)15-23(17-24)32-3/h4-6,9-10,15-17,19,21H,7-8,11-14,18H2,1-3H3,(H,27,30). The molecule has 0 heterocycles. The fraction of sp³-hybridized carbons (Fsp3) is 0.462. The average Bonchev–Trinajstić information content (AvgIpc) is 3.36. The zero-order valence-corrected chi connectivity index (χ0v) is 19.7. The number of rotatable bonds is 11. The minimum Gasteiger partial charge on any atom is -0.496 e. The van der Waals surface area contributed by atoms with Gasteiger partial charge in [-0.3, -0.25) is 9.59 Å². The molecule has 1 aliphatic rings. The van der Waals surface area contributed by atoms with Gasteiger partial charge in [-0.15, -0.1) is 0 Å². The quantitative estimate of drug-likeness (QED) is 0.561. The second kappa shape index (κ2) is 12.1. The Kier molecular flexibility index (Phi) is 8.98. The van der Waals surface area contributed by atoms with Crippen molar-refractivity contribution in [2.45, 2.75) is 51.1 Å². The van der Waals surface area contributed by atoms with E-state index in [1.165, 1.54) is 0 Å². The molecular weight excluding hydrogens is 420 g/mol. The third-order valence-electron chi connectivity index (χ3n) is 6.04. The summed E-state index contributed by atoms with van der Waals surface area (Å²) in [6.07, 6.45) is 4.91. The summed E-state index contributed by atoms with van der Waals surface area (Å²) in [4.78, 5) is 27.7. The lowest BCUT2D eigenvalue weighted by Gasteiger charge is -2.29. The van der Waals surface area contributed by atoms with Crippen LogP contribution in [0.3, 0.4) is 0 Å². The van der Waals surface area contributed by atoms with E-state index in [2.05, 4.69) is 5.32 Å². The largest absolute Gasteiger partial charge is 0.496 e. The fourth-order valence-corrected chi connectivity index (χ4v) is 4.05. The van der Waals surface area contributed by atoms with Crippen LogP contribution in [0.2, 0.25) is 0 Å². The summed E-state index contributed by atoms with van der Waals surface area (Å²) >= 11 is 0. The van der Waals surface area contributed by atoms with Crippen molar-refractivity contribution in [3.05, 3.63) is 54.1 Å². The van der Waals surface area contributed by atoms with Crippen LogP contribution in [0.25, 0.3) is 0 Å². The third-order valence-corrected chi connectivity index (χ3v) is 6.04. The van der Waals surface area contributed by atoms with Gasteiger partial charge in [-0.05, 0) is 31.7 Å². The van der Waals surface area contributed by atoms with Crippen LogP contribution in [0.1, 0.15) is 38.2 Å². The highest BCUT2D eigenvalue weighted by molar-refractivity contribution is 5.88. The van der Waals surface area contributed by atoms with E-state index in [-0.39, 0.29) is 24.5 Å². The lowest BCUT2D eigenvalue weighted by atomic mass is 10.1. The molecule has 0 saturated heterocycles. The van der Waals surface area contributed by atoms with E-state index in [9.17, 15) is 9.59 Å². The predicted octanol–water partition coefficient (Wildman–Crippen LogP) is 3.60. The summed E-state index contributed by atoms with van der Waals surface area (Å²) in [6.45, 7) is 2.01. The van der Waals surface area contributed by atoms with Crippen LogP contribution in [0.5, 0.6) is 17.2 Å². The molecule has 7 heteroatoms. The topological polar surface area (TPSA) is 77.1 Å². The van der Waals surface area contributed by atoms with Crippen molar-refractivity contribution < 1.29 is 23.8 Å². The highest BCUT2D eigenvalue weighted by atomic mass is 16.5. The molecular formula is C26H34N2O5. The highest BCUT2D eigenvalue weighted by Crippen LogP contribution is 2.27. The second-order valence-corrected chi connectivity index (χ2v) is 8.33. The summed E-state index contributed by atoms with van der Waals surface area (Å²) < 4.78 is 16.3. The summed E-state index contributed by atoms with van der Waals surface area (Å²) in [6, 6.07) is 14.7. The smallest absolute Gasteiger partial charge is 0.261 e. The molecule has 0 radical (unpaired) electrons. The first-order chi connectivity index (χ1) is 16.0. The van der Waals surface area contributed by atoms with Gasteiger partial charge in [-0.2, -0.15) is 0 Å². The van der Waals surface area contributed by atoms with Gasteiger partial charge < -0.3 is 24.4 Å². The number of methoxy groups -OCH3 is 2. The van der Waals surface area contributed by atoms with Crippen molar-refractivity contribution in [1.29, 1.82) is 0 Å². The molecule has 1 aliphatic carbocycles. The molecule has 7 nitrogen and oxygen atoms in total. The number of carbonyl (C=O) groups excluding carboxylic acids is 2. The number of benzene rings is 2. The molecule has 0 aromatic heterocycles. The van der Waals surface area contributed by atoms with E-state index in [0.29, 0.717) is 30.2 Å². The van der Waals surface area contributed by atoms with Crippen molar-refractivity contribution in [3.8, 4) is 17.2 Å². The number of hydrogen-bond donors (Lipinski definition) is 1. The number of hydrogen-bond acceptors (Lipinski definition) is 5. The van der Waals surface area contributed by atoms with Gasteiger partial charge in [0.05, 0.1) is 14.2 Å². The van der Waals surface area contributed by atoms with Crippen LogP contribution in [0.4, 0.5) is 0 Å². The lowest BCUT2D eigenvalue weighted by Crippen LogP contribution is -2.51. The van der Waals surface area contributed by atoms with Crippen molar-refractivity contribution in [2.24, 2.45) is 0 Å². The Morgan fingerprint density at radius 2 is 1.61 bits per heavy atom. The second-order valence-electron chi connectivity index (χ2n) is 8.33. The predicted molar refractivity (Wildman–Crippen MR) is 127 cm³/mol. The maximum atomic E-state index is 13.2. The highest BCUT2D eigenvalue weighted by Gasteiger charge is 2.28. The molecule has 2 amide bonds. The number of nitrogens with one attached hydrogen (secondary N) is 1. The molecule has 2 aromatic carbocycles. The molecule has 1 atom stereocenters. The minimum atomic E-state index is -0.592. The first kappa shape index (κ1) is 24.4. The molecule has 3 rings (SSSR count). The molecule has 1 fully saturated rings. The Balaban J connectivity index is 1.68. The van der Waals surface area contributed by atoms with Gasteiger partial charge in [0.15, 0.2) is 6.61 Å². The molecule has 1 unspecified atom stereocenters. The fourth-order valence-electron chi connectivity index (χ4n) is 4.05. The van der Waals surface area contributed by atoms with Gasteiger partial charge in [0.1, 0.15) is 23.3 Å². The zero-order valence-electron chi connectivity index (χ0n) is 19.7. The zero-order chi connectivity index (χ0) is 23.6. The summed E-state index contributed by atoms with van der Waals surface area (Å²) in [5, 5.41) is 3.11. The van der Waals surface area contributed by atoms with E-state index in [1.807, 2.05) is 30.3 Å². The van der Waals surface area contributed by atoms with Crippen LogP contribution in [0, 0.1) is 0 Å². The molecule has 2 aromatic rings. The van der Waals surface area contributed by atoms with Gasteiger partial charge >= 0.3 is 0 Å². The number of carbonyl (C=O) groups is 2. The molecule has 0 aliphatic heterocycles. The Morgan fingerprint density at radius 1 is 1.00 bits per heavy atom. The maximum absolute atomic E-state index is 13.2. The lowest BCUT2D eigenvalue weighted by molar-refractivity contribution is -0.141. The number of ether oxygens (including phenoxy) is 3. The maximum Gasteiger partial charge on any atom is 0.261 e. The third kappa shape index (κ3) is 7.14. The van der Waals surface area contributed by atoms with E-state index in [4.69, 9.17) is 14.2 Å². The molecule has 33 heavy (non-hydrogen) atoms. The molecule has 1 saturated carbocycles. The van der Waals surface area contributed by atoms with Crippen molar-refractivity contribution in [2.75, 3.05) is 27.4 Å². The summed E-state index contributed by atoms with van der Waals surface area (Å²) in [5.74, 6) is 1.24. The molecule has 0 spiro atoms. The van der Waals surface area contributed by atoms with Crippen LogP contribution in [0.15, 0.2) is 48.5 Å². The SMILES string of the molecule is COc1cc(OC)cc(OCC(=O)N(CCc2ccccc2)C(C)C(=O)NC2CCCC2)c1. The van der Waals surface area contributed by atoms with Gasteiger partial charge in [0, 0.05) is 30.8 Å². The number of nitrogens with zero attached hydrogens (tertiary/aromatic N) is 1. The molecule has 1 N–H and O–H groups in total. The van der Waals surface area contributed by atoms with Gasteiger partial charge in [0.25, 0.3) is 5.91 Å². The van der Waals surface area contributed by atoms with Crippen LogP contribution in [-0.2, 0) is 16.0 Å². The van der Waals surface area contributed by atoms with Crippen molar-refractivity contribution in [3.63, 3.8) is 0 Å². The molecule has 178 valence electrons. The normalized spacial score (nSPS) is 14.4. The Morgan fingerprint density at radius 3 is 2.21 bits per heavy atom. The van der Waals surface area contributed by atoms with Gasteiger partial charge in [0.2, 0.25) is 5.91 Å². The van der Waals surface area contributed by atoms with Crippen LogP contribution < -0.4 is 19.5 Å². The Labute approximate surface area is 196 Å². The average molecular weight is 455 g/mol. The Hall–Kier alpha value is -3.22. The minimum absolute atomic E-state index is 0.119. The first-order valence-corrected chi connectivity index (χ1v) is 11.5.